The zero-order valence-corrected chi connectivity index (χ0v) is 10.3. The molecule has 0 saturated carbocycles. The summed E-state index contributed by atoms with van der Waals surface area (Å²) in [6, 6.07) is 9.58. The topological polar surface area (TPSA) is 61.4 Å². The fourth-order valence-electron chi connectivity index (χ4n) is 1.55. The van der Waals surface area contributed by atoms with E-state index in [9.17, 15) is 4.79 Å². The number of hydrogen-bond acceptors (Lipinski definition) is 3. The molecule has 94 valence electrons. The molecule has 1 rings (SSSR count). The summed E-state index contributed by atoms with van der Waals surface area (Å²) < 4.78 is 0. The zero-order valence-electron chi connectivity index (χ0n) is 10.3. The van der Waals surface area contributed by atoms with Crippen LogP contribution in [0.4, 0.5) is 0 Å². The monoisotopic (exact) mass is 236 g/mol. The molecule has 0 aliphatic carbocycles. The summed E-state index contributed by atoms with van der Waals surface area (Å²) in [5.74, 6) is -0.0859. The summed E-state index contributed by atoms with van der Waals surface area (Å²) >= 11 is 0. The molecule has 0 radical (unpaired) electrons. The number of nitrogens with one attached hydrogen (secondary N) is 2. The number of aliphatic hydroxyl groups excluding tert-OH is 1. The van der Waals surface area contributed by atoms with Crippen molar-refractivity contribution >= 4 is 5.91 Å². The van der Waals surface area contributed by atoms with Crippen molar-refractivity contribution in [3.8, 4) is 0 Å². The van der Waals surface area contributed by atoms with Gasteiger partial charge in [-0.3, -0.25) is 4.79 Å². The quantitative estimate of drug-likeness (QED) is 0.666. The summed E-state index contributed by atoms with van der Waals surface area (Å²) in [5, 5.41) is 14.8. The molecule has 0 bridgehead atoms. The minimum absolute atomic E-state index is 0.0859. The number of hydrogen-bond donors (Lipinski definition) is 3. The van der Waals surface area contributed by atoms with Gasteiger partial charge in [-0.15, -0.1) is 0 Å². The van der Waals surface area contributed by atoms with Gasteiger partial charge in [0.25, 0.3) is 0 Å². The highest BCUT2D eigenvalue weighted by Crippen LogP contribution is 2.03. The first-order valence-electron chi connectivity index (χ1n) is 5.80. The molecule has 17 heavy (non-hydrogen) atoms. The van der Waals surface area contributed by atoms with Gasteiger partial charge in [0.05, 0.1) is 12.1 Å². The molecular weight excluding hydrogens is 216 g/mol. The molecule has 1 amide bonds. The fraction of sp³-hybridized carbons (Fsp3) is 0.462. The van der Waals surface area contributed by atoms with Crippen LogP contribution >= 0.6 is 0 Å². The van der Waals surface area contributed by atoms with Gasteiger partial charge in [-0.05, 0) is 26.0 Å². The Morgan fingerprint density at radius 2 is 2.00 bits per heavy atom. The highest BCUT2D eigenvalue weighted by atomic mass is 16.3. The van der Waals surface area contributed by atoms with E-state index < -0.39 is 6.10 Å². The number of rotatable bonds is 6. The second-order valence-corrected chi connectivity index (χ2v) is 4.13. The Balaban J connectivity index is 2.51. The van der Waals surface area contributed by atoms with Crippen molar-refractivity contribution in [2.45, 2.75) is 25.5 Å². The molecular formula is C13H20N2O2. The van der Waals surface area contributed by atoms with E-state index >= 15 is 0 Å². The molecule has 1 aromatic rings. The van der Waals surface area contributed by atoms with E-state index in [1.165, 1.54) is 0 Å². The molecule has 0 fully saturated rings. The average molecular weight is 236 g/mol. The van der Waals surface area contributed by atoms with Crippen molar-refractivity contribution < 1.29 is 9.90 Å². The van der Waals surface area contributed by atoms with E-state index in [1.807, 2.05) is 30.3 Å². The maximum Gasteiger partial charge on any atom is 0.237 e. The molecule has 0 spiro atoms. The second kappa shape index (κ2) is 7.04. The predicted octanol–water partition coefficient (Wildman–Crippen LogP) is 0.314. The molecule has 0 aliphatic heterocycles. The smallest absolute Gasteiger partial charge is 0.237 e. The summed E-state index contributed by atoms with van der Waals surface area (Å²) in [6.07, 6.45) is 0.122. The van der Waals surface area contributed by atoms with Gasteiger partial charge in [0.2, 0.25) is 5.91 Å². The van der Waals surface area contributed by atoms with E-state index in [1.54, 1.807) is 14.0 Å². The van der Waals surface area contributed by atoms with Gasteiger partial charge in [0.15, 0.2) is 0 Å². The number of carbonyl (C=O) groups excluding carboxylic acids is 1. The fourth-order valence-corrected chi connectivity index (χ4v) is 1.55. The molecule has 1 aromatic carbocycles. The van der Waals surface area contributed by atoms with E-state index in [-0.39, 0.29) is 18.5 Å². The Hall–Kier alpha value is -1.39. The maximum atomic E-state index is 11.8. The van der Waals surface area contributed by atoms with Crippen LogP contribution in [0, 0.1) is 0 Å². The van der Waals surface area contributed by atoms with Gasteiger partial charge in [-0.25, -0.2) is 0 Å². The van der Waals surface area contributed by atoms with Crippen molar-refractivity contribution in [1.29, 1.82) is 0 Å². The lowest BCUT2D eigenvalue weighted by Crippen LogP contribution is -2.45. The molecule has 0 heterocycles. The van der Waals surface area contributed by atoms with E-state index in [0.717, 1.165) is 5.56 Å². The lowest BCUT2D eigenvalue weighted by atomic mass is 10.1. The number of benzene rings is 1. The van der Waals surface area contributed by atoms with E-state index in [4.69, 9.17) is 5.11 Å². The lowest BCUT2D eigenvalue weighted by Gasteiger charge is -2.16. The van der Waals surface area contributed by atoms with Crippen LogP contribution in [-0.2, 0) is 11.2 Å². The van der Waals surface area contributed by atoms with Crippen molar-refractivity contribution in [1.82, 2.24) is 10.6 Å². The second-order valence-electron chi connectivity index (χ2n) is 4.13. The lowest BCUT2D eigenvalue weighted by molar-refractivity contribution is -0.123. The SMILES string of the molecule is CN[C@H](Cc1ccccc1)C(=O)NC[C@@H](C)O. The molecule has 4 heteroatoms. The van der Waals surface area contributed by atoms with Gasteiger partial charge >= 0.3 is 0 Å². The van der Waals surface area contributed by atoms with Crippen LogP contribution in [0.15, 0.2) is 30.3 Å². The first-order chi connectivity index (χ1) is 8.13. The molecule has 2 atom stereocenters. The molecule has 0 saturated heterocycles. The normalized spacial score (nSPS) is 14.1. The Bertz CT molecular complexity index is 339. The number of amides is 1. The van der Waals surface area contributed by atoms with Crippen molar-refractivity contribution in [3.63, 3.8) is 0 Å². The van der Waals surface area contributed by atoms with Crippen LogP contribution in [0.3, 0.4) is 0 Å². The van der Waals surface area contributed by atoms with Crippen molar-refractivity contribution in [2.75, 3.05) is 13.6 Å². The highest BCUT2D eigenvalue weighted by molar-refractivity contribution is 5.82. The van der Waals surface area contributed by atoms with Gasteiger partial charge in [-0.2, -0.15) is 0 Å². The minimum Gasteiger partial charge on any atom is -0.392 e. The Morgan fingerprint density at radius 1 is 1.35 bits per heavy atom. The van der Waals surface area contributed by atoms with Gasteiger partial charge in [0, 0.05) is 6.54 Å². The van der Waals surface area contributed by atoms with Crippen LogP contribution in [0.5, 0.6) is 0 Å². The third-order valence-electron chi connectivity index (χ3n) is 2.52. The number of carbonyl (C=O) groups is 1. The van der Waals surface area contributed by atoms with Crippen LogP contribution < -0.4 is 10.6 Å². The minimum atomic E-state index is -0.520. The molecule has 4 nitrogen and oxygen atoms in total. The first-order valence-corrected chi connectivity index (χ1v) is 5.80. The summed E-state index contributed by atoms with van der Waals surface area (Å²) in [6.45, 7) is 1.93. The molecule has 3 N–H and O–H groups in total. The van der Waals surface area contributed by atoms with Crippen molar-refractivity contribution in [2.24, 2.45) is 0 Å². The molecule has 0 unspecified atom stereocenters. The van der Waals surface area contributed by atoms with Gasteiger partial charge < -0.3 is 15.7 Å². The first kappa shape index (κ1) is 13.7. The predicted molar refractivity (Wildman–Crippen MR) is 67.7 cm³/mol. The summed E-state index contributed by atoms with van der Waals surface area (Å²) in [5.41, 5.74) is 1.11. The Labute approximate surface area is 102 Å². The Morgan fingerprint density at radius 3 is 2.53 bits per heavy atom. The number of likely N-dealkylation sites (N-methyl/N-ethyl adjacent to an activating group) is 1. The van der Waals surface area contributed by atoms with E-state index in [2.05, 4.69) is 10.6 Å². The summed E-state index contributed by atoms with van der Waals surface area (Å²) in [4.78, 5) is 11.8. The molecule has 0 aliphatic rings. The standard InChI is InChI=1S/C13H20N2O2/c1-10(16)9-15-13(17)12(14-2)8-11-6-4-3-5-7-11/h3-7,10,12,14,16H,8-9H2,1-2H3,(H,15,17)/t10-,12-/m1/s1. The van der Waals surface area contributed by atoms with Crippen LogP contribution in [0.1, 0.15) is 12.5 Å². The van der Waals surface area contributed by atoms with Crippen LogP contribution in [0.25, 0.3) is 0 Å². The van der Waals surface area contributed by atoms with E-state index in [0.29, 0.717) is 6.42 Å². The molecule has 0 aromatic heterocycles. The van der Waals surface area contributed by atoms with Gasteiger partial charge in [-0.1, -0.05) is 30.3 Å². The average Bonchev–Trinajstić information content (AvgIpc) is 2.34. The number of aliphatic hydroxyl groups is 1. The third kappa shape index (κ3) is 4.97. The highest BCUT2D eigenvalue weighted by Gasteiger charge is 2.16. The largest absolute Gasteiger partial charge is 0.392 e. The van der Waals surface area contributed by atoms with Crippen LogP contribution in [0.2, 0.25) is 0 Å². The van der Waals surface area contributed by atoms with Crippen molar-refractivity contribution in [3.05, 3.63) is 35.9 Å². The Kier molecular flexibility index (Phi) is 5.66. The van der Waals surface area contributed by atoms with Gasteiger partial charge in [0.1, 0.15) is 0 Å². The zero-order chi connectivity index (χ0) is 12.7. The maximum absolute atomic E-state index is 11.8. The van der Waals surface area contributed by atoms with Crippen LogP contribution in [-0.4, -0.2) is 36.8 Å². The summed E-state index contributed by atoms with van der Waals surface area (Å²) in [7, 11) is 1.76. The third-order valence-corrected chi connectivity index (χ3v) is 2.52.